The van der Waals surface area contributed by atoms with Gasteiger partial charge in [-0.3, -0.25) is 4.79 Å². The highest BCUT2D eigenvalue weighted by molar-refractivity contribution is 5.81. The largest absolute Gasteiger partial charge is 0.376 e. The molecule has 1 amide bonds. The third-order valence-electron chi connectivity index (χ3n) is 3.94. The fourth-order valence-electron chi connectivity index (χ4n) is 2.69. The summed E-state index contributed by atoms with van der Waals surface area (Å²) >= 11 is 0. The zero-order valence-corrected chi connectivity index (χ0v) is 12.0. The highest BCUT2D eigenvalue weighted by atomic mass is 16.1. The van der Waals surface area contributed by atoms with Crippen LogP contribution in [0, 0.1) is 18.3 Å². The van der Waals surface area contributed by atoms with Gasteiger partial charge in [0.1, 0.15) is 0 Å². The minimum absolute atomic E-state index is 0.0508. The number of terminal acetylenes is 1. The van der Waals surface area contributed by atoms with Gasteiger partial charge in [0, 0.05) is 17.3 Å². The fraction of sp³-hybridized carbons (Fsp3) is 0.471. The van der Waals surface area contributed by atoms with Crippen LogP contribution < -0.4 is 10.6 Å². The summed E-state index contributed by atoms with van der Waals surface area (Å²) in [6.45, 7) is 2.51. The molecule has 0 aromatic heterocycles. The molecule has 1 saturated carbocycles. The van der Waals surface area contributed by atoms with Crippen molar-refractivity contribution in [2.24, 2.45) is 5.92 Å². The Hall–Kier alpha value is -1.95. The van der Waals surface area contributed by atoms with Crippen molar-refractivity contribution < 1.29 is 4.79 Å². The molecule has 2 atom stereocenters. The van der Waals surface area contributed by atoms with Gasteiger partial charge in [0.15, 0.2) is 0 Å². The Labute approximate surface area is 121 Å². The number of amides is 1. The van der Waals surface area contributed by atoms with Crippen LogP contribution in [0.5, 0.6) is 0 Å². The minimum atomic E-state index is 0.0508. The molecule has 1 aliphatic rings. The Bertz CT molecular complexity index is 504. The molecule has 1 aliphatic carbocycles. The fourth-order valence-corrected chi connectivity index (χ4v) is 2.69. The van der Waals surface area contributed by atoms with Gasteiger partial charge in [-0.2, -0.15) is 0 Å². The van der Waals surface area contributed by atoms with E-state index in [0.29, 0.717) is 12.0 Å². The van der Waals surface area contributed by atoms with E-state index in [1.807, 2.05) is 24.3 Å². The second-order valence-electron chi connectivity index (χ2n) is 5.51. The van der Waals surface area contributed by atoms with Crippen molar-refractivity contribution in [3.8, 4) is 12.3 Å². The molecule has 1 aromatic carbocycles. The summed E-state index contributed by atoms with van der Waals surface area (Å²) in [6, 6.07) is 7.87. The van der Waals surface area contributed by atoms with Crippen LogP contribution >= 0.6 is 0 Å². The number of benzene rings is 1. The lowest BCUT2D eigenvalue weighted by Gasteiger charge is -2.29. The molecule has 3 nitrogen and oxygen atoms in total. The van der Waals surface area contributed by atoms with Crippen molar-refractivity contribution in [1.29, 1.82) is 0 Å². The molecule has 3 heteroatoms. The lowest BCUT2D eigenvalue weighted by molar-refractivity contribution is -0.120. The number of anilines is 1. The third kappa shape index (κ3) is 4.03. The third-order valence-corrected chi connectivity index (χ3v) is 3.94. The van der Waals surface area contributed by atoms with E-state index in [-0.39, 0.29) is 12.5 Å². The van der Waals surface area contributed by atoms with Crippen molar-refractivity contribution >= 4 is 11.6 Å². The molecule has 1 aromatic rings. The molecular weight excluding hydrogens is 248 g/mol. The van der Waals surface area contributed by atoms with Crippen molar-refractivity contribution in [3.05, 3.63) is 29.8 Å². The maximum atomic E-state index is 12.0. The first-order valence-electron chi connectivity index (χ1n) is 7.29. The van der Waals surface area contributed by atoms with Crippen LogP contribution in [-0.4, -0.2) is 18.5 Å². The summed E-state index contributed by atoms with van der Waals surface area (Å²) in [4.78, 5) is 12.0. The van der Waals surface area contributed by atoms with Gasteiger partial charge in [-0.15, -0.1) is 6.42 Å². The molecule has 2 N–H and O–H groups in total. The van der Waals surface area contributed by atoms with Crippen molar-refractivity contribution in [2.75, 3.05) is 11.9 Å². The zero-order valence-electron chi connectivity index (χ0n) is 12.0. The quantitative estimate of drug-likeness (QED) is 0.826. The van der Waals surface area contributed by atoms with Crippen molar-refractivity contribution in [3.63, 3.8) is 0 Å². The smallest absolute Gasteiger partial charge is 0.239 e. The first-order valence-corrected chi connectivity index (χ1v) is 7.29. The van der Waals surface area contributed by atoms with Gasteiger partial charge in [-0.05, 0) is 37.0 Å². The molecule has 0 bridgehead atoms. The Balaban J connectivity index is 1.81. The Morgan fingerprint density at radius 1 is 1.40 bits per heavy atom. The molecule has 0 heterocycles. The van der Waals surface area contributed by atoms with E-state index in [1.54, 1.807) is 0 Å². The van der Waals surface area contributed by atoms with E-state index in [0.717, 1.165) is 17.7 Å². The number of carbonyl (C=O) groups excluding carboxylic acids is 1. The number of carbonyl (C=O) groups is 1. The van der Waals surface area contributed by atoms with E-state index in [9.17, 15) is 4.79 Å². The van der Waals surface area contributed by atoms with Crippen LogP contribution in [0.15, 0.2) is 24.3 Å². The molecule has 0 aliphatic heterocycles. The number of hydrogen-bond donors (Lipinski definition) is 2. The zero-order chi connectivity index (χ0) is 14.4. The Morgan fingerprint density at radius 3 is 2.95 bits per heavy atom. The van der Waals surface area contributed by atoms with Crippen LogP contribution in [0.25, 0.3) is 0 Å². The highest BCUT2D eigenvalue weighted by Crippen LogP contribution is 2.23. The minimum Gasteiger partial charge on any atom is -0.376 e. The van der Waals surface area contributed by atoms with Gasteiger partial charge < -0.3 is 10.6 Å². The normalized spacial score (nSPS) is 21.8. The summed E-state index contributed by atoms with van der Waals surface area (Å²) < 4.78 is 0. The van der Waals surface area contributed by atoms with Gasteiger partial charge in [-0.25, -0.2) is 0 Å². The predicted octanol–water partition coefficient (Wildman–Crippen LogP) is 2.77. The second kappa shape index (κ2) is 7.00. The molecule has 0 saturated heterocycles. The summed E-state index contributed by atoms with van der Waals surface area (Å²) in [5.74, 6) is 3.22. The van der Waals surface area contributed by atoms with Gasteiger partial charge >= 0.3 is 0 Å². The maximum Gasteiger partial charge on any atom is 0.239 e. The summed E-state index contributed by atoms with van der Waals surface area (Å²) in [5, 5.41) is 6.24. The van der Waals surface area contributed by atoms with E-state index in [4.69, 9.17) is 6.42 Å². The lowest BCUT2D eigenvalue weighted by Crippen LogP contribution is -2.43. The molecule has 20 heavy (non-hydrogen) atoms. The maximum absolute atomic E-state index is 12.0. The molecule has 0 spiro atoms. The van der Waals surface area contributed by atoms with Gasteiger partial charge in [-0.1, -0.05) is 31.8 Å². The average molecular weight is 270 g/mol. The number of hydrogen-bond acceptors (Lipinski definition) is 2. The van der Waals surface area contributed by atoms with Crippen LogP contribution in [0.2, 0.25) is 0 Å². The van der Waals surface area contributed by atoms with Gasteiger partial charge in [0.05, 0.1) is 6.54 Å². The standard InChI is InChI=1S/C17H22N2O/c1-3-14-8-6-9-15(11-14)18-12-17(20)19-16-10-5-4-7-13(16)2/h1,6,8-9,11,13,16,18H,4-5,7,10,12H2,2H3,(H,19,20)/t13-,16+/m1/s1. The van der Waals surface area contributed by atoms with E-state index < -0.39 is 0 Å². The summed E-state index contributed by atoms with van der Waals surface area (Å²) in [5.41, 5.74) is 1.70. The van der Waals surface area contributed by atoms with Crippen LogP contribution in [0.1, 0.15) is 38.2 Å². The Kier molecular flexibility index (Phi) is 5.06. The average Bonchev–Trinajstić information content (AvgIpc) is 2.48. The second-order valence-corrected chi connectivity index (χ2v) is 5.51. The SMILES string of the molecule is C#Cc1cccc(NCC(=O)N[C@H]2CCCC[C@H]2C)c1. The molecule has 0 unspecified atom stereocenters. The molecule has 106 valence electrons. The van der Waals surface area contributed by atoms with Crippen LogP contribution in [-0.2, 0) is 4.79 Å². The molecular formula is C17H22N2O. The van der Waals surface area contributed by atoms with Crippen LogP contribution in [0.4, 0.5) is 5.69 Å². The van der Waals surface area contributed by atoms with Gasteiger partial charge in [0.25, 0.3) is 0 Å². The topological polar surface area (TPSA) is 41.1 Å². The van der Waals surface area contributed by atoms with Crippen LogP contribution in [0.3, 0.4) is 0 Å². The predicted molar refractivity (Wildman–Crippen MR) is 82.4 cm³/mol. The molecule has 0 radical (unpaired) electrons. The summed E-state index contributed by atoms with van der Waals surface area (Å²) in [6.07, 6.45) is 10.2. The first kappa shape index (κ1) is 14.5. The Morgan fingerprint density at radius 2 is 2.20 bits per heavy atom. The van der Waals surface area contributed by atoms with E-state index in [2.05, 4.69) is 23.5 Å². The van der Waals surface area contributed by atoms with Crippen molar-refractivity contribution in [1.82, 2.24) is 5.32 Å². The monoisotopic (exact) mass is 270 g/mol. The van der Waals surface area contributed by atoms with E-state index in [1.165, 1.54) is 19.3 Å². The van der Waals surface area contributed by atoms with E-state index >= 15 is 0 Å². The first-order chi connectivity index (χ1) is 9.69. The molecule has 2 rings (SSSR count). The highest BCUT2D eigenvalue weighted by Gasteiger charge is 2.22. The van der Waals surface area contributed by atoms with Gasteiger partial charge in [0.2, 0.25) is 5.91 Å². The number of rotatable bonds is 4. The number of nitrogens with one attached hydrogen (secondary N) is 2. The molecule has 1 fully saturated rings. The lowest BCUT2D eigenvalue weighted by atomic mass is 9.86. The van der Waals surface area contributed by atoms with Crippen molar-refractivity contribution in [2.45, 2.75) is 38.6 Å². The summed E-state index contributed by atoms with van der Waals surface area (Å²) in [7, 11) is 0.